The second-order valence-corrected chi connectivity index (χ2v) is 12.6. The summed E-state index contributed by atoms with van der Waals surface area (Å²) >= 11 is 1.76. The molecule has 0 unspecified atom stereocenters. The maximum atomic E-state index is 4.70. The highest BCUT2D eigenvalue weighted by Crippen LogP contribution is 2.45. The summed E-state index contributed by atoms with van der Waals surface area (Å²) in [6, 6.07) is 59.1. The van der Waals surface area contributed by atoms with Crippen LogP contribution in [0.1, 0.15) is 0 Å². The third-order valence-electron chi connectivity index (χ3n) is 8.93. The van der Waals surface area contributed by atoms with Crippen molar-refractivity contribution in [3.05, 3.63) is 170 Å². The molecule has 3 heteroatoms. The maximum absolute atomic E-state index is 4.70. The van der Waals surface area contributed by atoms with Gasteiger partial charge < -0.3 is 4.90 Å². The first kappa shape index (κ1) is 26.6. The number of aromatic nitrogens is 1. The highest BCUT2D eigenvalue weighted by molar-refractivity contribution is 7.26. The highest BCUT2D eigenvalue weighted by Gasteiger charge is 2.19. The van der Waals surface area contributed by atoms with Crippen molar-refractivity contribution in [2.45, 2.75) is 0 Å². The lowest BCUT2D eigenvalue weighted by Crippen LogP contribution is -2.10. The first-order chi connectivity index (χ1) is 22.8. The lowest BCUT2D eigenvalue weighted by Gasteiger charge is -2.26. The fraction of sp³-hybridized carbons (Fsp3) is 0. The molecule has 0 atom stereocenters. The minimum Gasteiger partial charge on any atom is -0.309 e. The van der Waals surface area contributed by atoms with Crippen LogP contribution in [0.2, 0.25) is 0 Å². The van der Waals surface area contributed by atoms with Gasteiger partial charge in [-0.2, -0.15) is 0 Å². The number of benzene rings is 7. The molecular weight excluding hydrogens is 577 g/mol. The van der Waals surface area contributed by atoms with Crippen molar-refractivity contribution in [2.75, 3.05) is 4.90 Å². The Balaban J connectivity index is 1.21. The molecule has 9 rings (SSSR count). The van der Waals surface area contributed by atoms with Gasteiger partial charge in [0.15, 0.2) is 0 Å². The Morgan fingerprint density at radius 2 is 1.04 bits per heavy atom. The molecule has 0 N–H and O–H groups in total. The summed E-state index contributed by atoms with van der Waals surface area (Å²) < 4.78 is 1.23. The average Bonchev–Trinajstić information content (AvgIpc) is 3.52. The molecule has 46 heavy (non-hydrogen) atoms. The van der Waals surface area contributed by atoms with Crippen molar-refractivity contribution in [3.63, 3.8) is 0 Å². The first-order valence-corrected chi connectivity index (χ1v) is 16.4. The largest absolute Gasteiger partial charge is 0.309 e. The standard InChI is InChI=1S/C43H28N2S/c1-2-10-29(11-3-1)30-19-23-33(24-20-30)45(41-18-8-16-38-39-17-9-27-44-43(39)46-42(38)41)34-25-21-31(22-26-34)40-28-32-12-4-5-13-35(32)36-14-6-7-15-37(36)40/h1-28H. The van der Waals surface area contributed by atoms with Crippen molar-refractivity contribution in [2.24, 2.45) is 0 Å². The van der Waals surface area contributed by atoms with E-state index < -0.39 is 0 Å². The van der Waals surface area contributed by atoms with Gasteiger partial charge in [-0.1, -0.05) is 115 Å². The van der Waals surface area contributed by atoms with Crippen LogP contribution in [0.5, 0.6) is 0 Å². The zero-order valence-corrected chi connectivity index (χ0v) is 25.8. The molecule has 0 bridgehead atoms. The van der Waals surface area contributed by atoms with Gasteiger partial charge in [0.1, 0.15) is 4.83 Å². The smallest absolute Gasteiger partial charge is 0.124 e. The van der Waals surface area contributed by atoms with E-state index in [1.54, 1.807) is 11.3 Å². The van der Waals surface area contributed by atoms with Gasteiger partial charge in [0.25, 0.3) is 0 Å². The van der Waals surface area contributed by atoms with Gasteiger partial charge in [-0.15, -0.1) is 11.3 Å². The van der Waals surface area contributed by atoms with Gasteiger partial charge >= 0.3 is 0 Å². The molecule has 0 aliphatic heterocycles. The lowest BCUT2D eigenvalue weighted by molar-refractivity contribution is 1.30. The molecular formula is C43H28N2S. The summed E-state index contributed by atoms with van der Waals surface area (Å²) in [5.41, 5.74) is 8.24. The van der Waals surface area contributed by atoms with E-state index in [9.17, 15) is 0 Å². The topological polar surface area (TPSA) is 16.1 Å². The second-order valence-electron chi connectivity index (χ2n) is 11.6. The fourth-order valence-corrected chi connectivity index (χ4v) is 7.88. The van der Waals surface area contributed by atoms with Crippen molar-refractivity contribution >= 4 is 70.2 Å². The van der Waals surface area contributed by atoms with Gasteiger partial charge in [0, 0.05) is 28.3 Å². The second kappa shape index (κ2) is 11.0. The SMILES string of the molecule is c1ccc(-c2ccc(N(c3ccc(-c4cc5ccccc5c5ccccc45)cc3)c3cccc4c3sc3ncccc34)cc2)cc1. The number of hydrogen-bond donors (Lipinski definition) is 0. The van der Waals surface area contributed by atoms with Crippen molar-refractivity contribution in [3.8, 4) is 22.3 Å². The molecule has 2 aromatic heterocycles. The van der Waals surface area contributed by atoms with Gasteiger partial charge in [0.2, 0.25) is 0 Å². The monoisotopic (exact) mass is 604 g/mol. The Kier molecular flexibility index (Phi) is 6.36. The Hall–Kier alpha value is -5.77. The molecule has 0 saturated heterocycles. The van der Waals surface area contributed by atoms with E-state index in [0.717, 1.165) is 21.9 Å². The van der Waals surface area contributed by atoms with E-state index >= 15 is 0 Å². The summed E-state index contributed by atoms with van der Waals surface area (Å²) in [5.74, 6) is 0. The Morgan fingerprint density at radius 1 is 0.435 bits per heavy atom. The van der Waals surface area contributed by atoms with Crippen molar-refractivity contribution < 1.29 is 0 Å². The van der Waals surface area contributed by atoms with E-state index in [0.29, 0.717) is 0 Å². The van der Waals surface area contributed by atoms with Crippen molar-refractivity contribution in [1.82, 2.24) is 4.98 Å². The summed E-state index contributed by atoms with van der Waals surface area (Å²) in [4.78, 5) is 8.14. The van der Waals surface area contributed by atoms with E-state index in [-0.39, 0.29) is 0 Å². The van der Waals surface area contributed by atoms with Crippen molar-refractivity contribution in [1.29, 1.82) is 0 Å². The number of pyridine rings is 1. The molecule has 2 nitrogen and oxygen atoms in total. The summed E-state index contributed by atoms with van der Waals surface area (Å²) in [6.45, 7) is 0. The predicted molar refractivity (Wildman–Crippen MR) is 198 cm³/mol. The summed E-state index contributed by atoms with van der Waals surface area (Å²) in [6.07, 6.45) is 1.88. The molecule has 0 spiro atoms. The van der Waals surface area contributed by atoms with Gasteiger partial charge in [-0.25, -0.2) is 4.98 Å². The number of hydrogen-bond acceptors (Lipinski definition) is 3. The van der Waals surface area contributed by atoms with E-state index in [1.807, 2.05) is 12.3 Å². The minimum absolute atomic E-state index is 1.06. The van der Waals surface area contributed by atoms with E-state index in [4.69, 9.17) is 4.98 Å². The Morgan fingerprint density at radius 3 is 1.83 bits per heavy atom. The fourth-order valence-electron chi connectivity index (χ4n) is 6.74. The van der Waals surface area contributed by atoms with Crippen LogP contribution in [0.4, 0.5) is 17.1 Å². The zero-order chi connectivity index (χ0) is 30.5. The predicted octanol–water partition coefficient (Wildman–Crippen LogP) is 12.6. The van der Waals surface area contributed by atoms with Crippen LogP contribution in [0.25, 0.3) is 64.1 Å². The number of rotatable bonds is 5. The molecule has 0 radical (unpaired) electrons. The van der Waals surface area contributed by atoms with Crippen LogP contribution in [0.15, 0.2) is 170 Å². The van der Waals surface area contributed by atoms with Crippen LogP contribution < -0.4 is 4.90 Å². The van der Waals surface area contributed by atoms with Crippen LogP contribution in [0, 0.1) is 0 Å². The first-order valence-electron chi connectivity index (χ1n) is 15.5. The molecule has 7 aromatic carbocycles. The maximum Gasteiger partial charge on any atom is 0.124 e. The number of anilines is 3. The summed E-state index contributed by atoms with van der Waals surface area (Å²) in [7, 11) is 0. The molecule has 216 valence electrons. The third kappa shape index (κ3) is 4.44. The third-order valence-corrected chi connectivity index (χ3v) is 10.1. The van der Waals surface area contributed by atoms with E-state index in [1.165, 1.54) is 59.3 Å². The highest BCUT2D eigenvalue weighted by atomic mass is 32.1. The van der Waals surface area contributed by atoms with Gasteiger partial charge in [-0.05, 0) is 92.3 Å². The Bertz CT molecular complexity index is 2510. The van der Waals surface area contributed by atoms with Gasteiger partial charge in [-0.3, -0.25) is 0 Å². The lowest BCUT2D eigenvalue weighted by atomic mass is 9.93. The average molecular weight is 605 g/mol. The van der Waals surface area contributed by atoms with Crippen LogP contribution >= 0.6 is 11.3 Å². The van der Waals surface area contributed by atoms with Crippen LogP contribution in [0.3, 0.4) is 0 Å². The molecule has 0 aliphatic carbocycles. The molecule has 0 saturated carbocycles. The number of nitrogens with zero attached hydrogens (tertiary/aromatic N) is 2. The molecule has 0 amide bonds. The van der Waals surface area contributed by atoms with Gasteiger partial charge in [0.05, 0.1) is 10.4 Å². The van der Waals surface area contributed by atoms with E-state index in [2.05, 4.69) is 163 Å². The normalized spacial score (nSPS) is 11.5. The number of thiophene rings is 1. The molecule has 0 fully saturated rings. The quantitative estimate of drug-likeness (QED) is 0.182. The van der Waals surface area contributed by atoms with Crippen LogP contribution in [-0.4, -0.2) is 4.98 Å². The minimum atomic E-state index is 1.06. The summed E-state index contributed by atoms with van der Waals surface area (Å²) in [5, 5.41) is 7.52. The molecule has 2 heterocycles. The molecule has 0 aliphatic rings. The number of fused-ring (bicyclic) bond motifs is 6. The van der Waals surface area contributed by atoms with Crippen LogP contribution in [-0.2, 0) is 0 Å². The molecule has 9 aromatic rings. The Labute approximate surface area is 271 Å². The zero-order valence-electron chi connectivity index (χ0n) is 25.0.